The molecule has 1 aromatic heterocycles. The van der Waals surface area contributed by atoms with Crippen LogP contribution in [0, 0.1) is 0 Å². The minimum atomic E-state index is 0.0441. The quantitative estimate of drug-likeness (QED) is 0.831. The van der Waals surface area contributed by atoms with Crippen LogP contribution >= 0.6 is 11.5 Å². The van der Waals surface area contributed by atoms with Gasteiger partial charge in [0.2, 0.25) is 0 Å². The first-order valence-corrected chi connectivity index (χ1v) is 7.16. The third-order valence-corrected chi connectivity index (χ3v) is 4.51. The van der Waals surface area contributed by atoms with Gasteiger partial charge in [-0.1, -0.05) is 12.1 Å². The zero-order valence-electron chi connectivity index (χ0n) is 10.4. The Morgan fingerprint density at radius 1 is 1.39 bits per heavy atom. The molecular formula is C14H16N2OS. The van der Waals surface area contributed by atoms with Crippen molar-refractivity contribution in [3.8, 4) is 0 Å². The number of rotatable bonds is 2. The number of ketones is 1. The van der Waals surface area contributed by atoms with Crippen LogP contribution < -0.4 is 4.90 Å². The first-order chi connectivity index (χ1) is 8.77. The van der Waals surface area contributed by atoms with Crippen molar-refractivity contribution in [2.24, 2.45) is 0 Å². The normalized spacial score (nSPS) is 20.3. The lowest BCUT2D eigenvalue weighted by Crippen LogP contribution is -2.43. The Kier molecular flexibility index (Phi) is 3.04. The average Bonchev–Trinajstić information content (AvgIpc) is 2.82. The van der Waals surface area contributed by atoms with Crippen LogP contribution in [0.25, 0.3) is 10.9 Å². The number of fused-ring (bicyclic) bond motifs is 1. The van der Waals surface area contributed by atoms with Crippen molar-refractivity contribution in [2.45, 2.75) is 32.2 Å². The van der Waals surface area contributed by atoms with Crippen molar-refractivity contribution in [1.82, 2.24) is 4.37 Å². The maximum atomic E-state index is 11.8. The highest BCUT2D eigenvalue weighted by Crippen LogP contribution is 2.35. The van der Waals surface area contributed by atoms with E-state index in [1.807, 2.05) is 18.2 Å². The lowest BCUT2D eigenvalue weighted by molar-refractivity contribution is -0.118. The van der Waals surface area contributed by atoms with Gasteiger partial charge in [0.15, 0.2) is 5.78 Å². The number of hydrogen-bond acceptors (Lipinski definition) is 4. The molecule has 2 aromatic rings. The molecule has 1 unspecified atom stereocenters. The molecule has 0 aliphatic carbocycles. The molecule has 1 aromatic carbocycles. The summed E-state index contributed by atoms with van der Waals surface area (Å²) in [6, 6.07) is 8.21. The SMILES string of the molecule is CC(=O)C1CCCCN1c1snc2ccccc12. The van der Waals surface area contributed by atoms with Crippen molar-refractivity contribution < 1.29 is 4.79 Å². The third kappa shape index (κ3) is 1.90. The Labute approximate surface area is 111 Å². The van der Waals surface area contributed by atoms with E-state index in [1.54, 1.807) is 6.92 Å². The van der Waals surface area contributed by atoms with E-state index in [1.165, 1.54) is 16.9 Å². The minimum Gasteiger partial charge on any atom is -0.352 e. The minimum absolute atomic E-state index is 0.0441. The standard InChI is InChI=1S/C14H16N2OS/c1-10(17)13-8-4-5-9-16(13)14-11-6-2-3-7-12(11)15-18-14/h2-3,6-7,13H,4-5,8-9H2,1H3. The summed E-state index contributed by atoms with van der Waals surface area (Å²) in [6.45, 7) is 2.67. The Balaban J connectivity index is 2.04. The topological polar surface area (TPSA) is 33.2 Å². The number of benzene rings is 1. The zero-order chi connectivity index (χ0) is 12.5. The molecule has 0 radical (unpaired) electrons. The van der Waals surface area contributed by atoms with E-state index in [4.69, 9.17) is 0 Å². The van der Waals surface area contributed by atoms with Gasteiger partial charge in [-0.05, 0) is 49.9 Å². The van der Waals surface area contributed by atoms with E-state index in [0.29, 0.717) is 0 Å². The molecule has 4 heteroatoms. The summed E-state index contributed by atoms with van der Waals surface area (Å²) in [7, 11) is 0. The highest BCUT2D eigenvalue weighted by molar-refractivity contribution is 7.11. The second-order valence-corrected chi connectivity index (χ2v) is 5.57. The van der Waals surface area contributed by atoms with Crippen molar-refractivity contribution >= 4 is 33.2 Å². The van der Waals surface area contributed by atoms with Crippen molar-refractivity contribution in [1.29, 1.82) is 0 Å². The fraction of sp³-hybridized carbons (Fsp3) is 0.429. The first kappa shape index (κ1) is 11.7. The van der Waals surface area contributed by atoms with Gasteiger partial charge in [-0.3, -0.25) is 4.79 Å². The molecule has 18 heavy (non-hydrogen) atoms. The van der Waals surface area contributed by atoms with E-state index in [9.17, 15) is 4.79 Å². The van der Waals surface area contributed by atoms with E-state index in [0.717, 1.165) is 36.3 Å². The molecule has 0 spiro atoms. The molecule has 1 aliphatic heterocycles. The molecule has 3 rings (SSSR count). The maximum Gasteiger partial charge on any atom is 0.152 e. The van der Waals surface area contributed by atoms with Crippen molar-refractivity contribution in [3.05, 3.63) is 24.3 Å². The molecular weight excluding hydrogens is 244 g/mol. The predicted molar refractivity (Wildman–Crippen MR) is 75.3 cm³/mol. The van der Waals surface area contributed by atoms with Crippen molar-refractivity contribution in [3.63, 3.8) is 0 Å². The van der Waals surface area contributed by atoms with Gasteiger partial charge in [-0.2, -0.15) is 4.37 Å². The van der Waals surface area contributed by atoms with E-state index >= 15 is 0 Å². The average molecular weight is 260 g/mol. The number of carbonyl (C=O) groups excluding carboxylic acids is 1. The van der Waals surface area contributed by atoms with Gasteiger partial charge >= 0.3 is 0 Å². The predicted octanol–water partition coefficient (Wildman–Crippen LogP) is 3.24. The van der Waals surface area contributed by atoms with Gasteiger partial charge in [0.25, 0.3) is 0 Å². The number of piperidine rings is 1. The van der Waals surface area contributed by atoms with Crippen LogP contribution in [0.5, 0.6) is 0 Å². The molecule has 0 N–H and O–H groups in total. The van der Waals surface area contributed by atoms with Crippen LogP contribution in [0.3, 0.4) is 0 Å². The molecule has 1 aliphatic rings. The zero-order valence-corrected chi connectivity index (χ0v) is 11.2. The van der Waals surface area contributed by atoms with Crippen LogP contribution in [0.2, 0.25) is 0 Å². The summed E-state index contributed by atoms with van der Waals surface area (Å²) in [5, 5.41) is 2.33. The summed E-state index contributed by atoms with van der Waals surface area (Å²) in [5.74, 6) is 0.271. The lowest BCUT2D eigenvalue weighted by atomic mass is 9.99. The van der Waals surface area contributed by atoms with E-state index in [2.05, 4.69) is 15.3 Å². The van der Waals surface area contributed by atoms with Gasteiger partial charge < -0.3 is 4.90 Å². The molecule has 0 amide bonds. The number of aromatic nitrogens is 1. The molecule has 0 bridgehead atoms. The second kappa shape index (κ2) is 4.69. The fourth-order valence-electron chi connectivity index (χ4n) is 2.68. The molecule has 2 heterocycles. The molecule has 0 saturated carbocycles. The summed E-state index contributed by atoms with van der Waals surface area (Å²) in [4.78, 5) is 14.0. The molecule has 1 saturated heterocycles. The summed E-state index contributed by atoms with van der Waals surface area (Å²) in [6.07, 6.45) is 3.29. The molecule has 94 valence electrons. The maximum absolute atomic E-state index is 11.8. The number of Topliss-reactive ketones (excluding diaryl/α,β-unsaturated/α-hetero) is 1. The van der Waals surface area contributed by atoms with Crippen LogP contribution in [-0.4, -0.2) is 22.7 Å². The smallest absolute Gasteiger partial charge is 0.152 e. The van der Waals surface area contributed by atoms with Gasteiger partial charge in [-0.15, -0.1) is 0 Å². The Morgan fingerprint density at radius 2 is 2.22 bits per heavy atom. The highest BCUT2D eigenvalue weighted by Gasteiger charge is 2.28. The second-order valence-electron chi connectivity index (χ2n) is 4.82. The van der Waals surface area contributed by atoms with Crippen LogP contribution in [0.15, 0.2) is 24.3 Å². The summed E-state index contributed by atoms with van der Waals surface area (Å²) < 4.78 is 4.48. The van der Waals surface area contributed by atoms with E-state index in [-0.39, 0.29) is 11.8 Å². The van der Waals surface area contributed by atoms with E-state index < -0.39 is 0 Å². The Hall–Kier alpha value is -1.42. The Bertz CT molecular complexity index is 578. The summed E-state index contributed by atoms with van der Waals surface area (Å²) in [5.41, 5.74) is 1.03. The highest BCUT2D eigenvalue weighted by atomic mass is 32.1. The molecule has 1 fully saturated rings. The third-order valence-electron chi connectivity index (χ3n) is 3.60. The van der Waals surface area contributed by atoms with Crippen molar-refractivity contribution in [2.75, 3.05) is 11.4 Å². The molecule has 3 nitrogen and oxygen atoms in total. The number of anilines is 1. The largest absolute Gasteiger partial charge is 0.352 e. The van der Waals surface area contributed by atoms with Gasteiger partial charge in [-0.25, -0.2) is 0 Å². The Morgan fingerprint density at radius 3 is 3.06 bits per heavy atom. The van der Waals surface area contributed by atoms with Crippen LogP contribution in [0.4, 0.5) is 5.00 Å². The fourth-order valence-corrected chi connectivity index (χ4v) is 3.62. The number of nitrogens with zero attached hydrogens (tertiary/aromatic N) is 2. The van der Waals surface area contributed by atoms with Crippen LogP contribution in [-0.2, 0) is 4.79 Å². The van der Waals surface area contributed by atoms with Gasteiger partial charge in [0, 0.05) is 11.9 Å². The summed E-state index contributed by atoms with van der Waals surface area (Å²) >= 11 is 1.51. The van der Waals surface area contributed by atoms with Gasteiger partial charge in [0.05, 0.1) is 11.6 Å². The number of carbonyl (C=O) groups is 1. The lowest BCUT2D eigenvalue weighted by Gasteiger charge is -2.34. The monoisotopic (exact) mass is 260 g/mol. The first-order valence-electron chi connectivity index (χ1n) is 6.39. The van der Waals surface area contributed by atoms with Gasteiger partial charge in [0.1, 0.15) is 5.00 Å². The number of hydrogen-bond donors (Lipinski definition) is 0. The van der Waals surface area contributed by atoms with Crippen LogP contribution in [0.1, 0.15) is 26.2 Å². The molecule has 1 atom stereocenters.